The van der Waals surface area contributed by atoms with Crippen LogP contribution in [0.5, 0.6) is 0 Å². The maximum Gasteiger partial charge on any atom is 0.352 e. The van der Waals surface area contributed by atoms with Crippen LogP contribution in [0.4, 0.5) is 0 Å². The molecule has 1 aromatic carbocycles. The van der Waals surface area contributed by atoms with Gasteiger partial charge in [0.1, 0.15) is 5.69 Å². The molecular formula is C13H10ClNO3. The zero-order valence-electron chi connectivity index (χ0n) is 9.34. The number of nitrogens with zero attached hydrogens (tertiary/aromatic N) is 1. The lowest BCUT2D eigenvalue weighted by atomic mass is 10.2. The summed E-state index contributed by atoms with van der Waals surface area (Å²) >= 11 is 5.85. The predicted octanol–water partition coefficient (Wildman–Crippen LogP) is 2.25. The molecule has 1 heterocycles. The fraction of sp³-hybridized carbons (Fsp3) is 0.0769. The highest BCUT2D eigenvalue weighted by Crippen LogP contribution is 2.12. The van der Waals surface area contributed by atoms with Crippen molar-refractivity contribution in [2.45, 2.75) is 6.54 Å². The molecule has 0 amide bonds. The molecule has 0 bridgehead atoms. The van der Waals surface area contributed by atoms with Crippen molar-refractivity contribution >= 4 is 17.6 Å². The van der Waals surface area contributed by atoms with Crippen LogP contribution in [0.3, 0.4) is 0 Å². The number of benzene rings is 1. The summed E-state index contributed by atoms with van der Waals surface area (Å²) in [5.41, 5.74) is 0.385. The second-order valence-electron chi connectivity index (χ2n) is 3.77. The highest BCUT2D eigenvalue weighted by Gasteiger charge is 2.10. The lowest BCUT2D eigenvalue weighted by molar-refractivity contribution is 0.0684. The Kier molecular flexibility index (Phi) is 3.48. The molecule has 1 aromatic heterocycles. The number of rotatable bonds is 3. The second kappa shape index (κ2) is 5.06. The molecule has 0 aliphatic carbocycles. The van der Waals surface area contributed by atoms with Gasteiger partial charge in [0.25, 0.3) is 5.56 Å². The summed E-state index contributed by atoms with van der Waals surface area (Å²) < 4.78 is 1.20. The fourth-order valence-electron chi connectivity index (χ4n) is 1.69. The molecule has 0 unspecified atom stereocenters. The molecule has 0 radical (unpaired) electrons. The first-order valence-corrected chi connectivity index (χ1v) is 5.63. The average Bonchev–Trinajstić information content (AvgIpc) is 2.31. The van der Waals surface area contributed by atoms with Gasteiger partial charge in [-0.3, -0.25) is 9.36 Å². The van der Waals surface area contributed by atoms with Gasteiger partial charge in [-0.2, -0.15) is 0 Å². The second-order valence-corrected chi connectivity index (χ2v) is 4.21. The third-order valence-electron chi connectivity index (χ3n) is 2.50. The highest BCUT2D eigenvalue weighted by molar-refractivity contribution is 6.30. The fourth-order valence-corrected chi connectivity index (χ4v) is 1.90. The summed E-state index contributed by atoms with van der Waals surface area (Å²) in [6.45, 7) is 0.182. The maximum atomic E-state index is 11.7. The Bertz CT molecular complexity index is 649. The number of carboxylic acid groups (broad SMARTS) is 1. The van der Waals surface area contributed by atoms with Crippen molar-refractivity contribution in [1.82, 2.24) is 4.57 Å². The van der Waals surface area contributed by atoms with Gasteiger partial charge in [-0.25, -0.2) is 4.79 Å². The molecular weight excluding hydrogens is 254 g/mol. The first-order valence-electron chi connectivity index (χ1n) is 5.25. The number of carbonyl (C=O) groups is 1. The zero-order valence-corrected chi connectivity index (χ0v) is 10.1. The molecule has 92 valence electrons. The largest absolute Gasteiger partial charge is 0.477 e. The Labute approximate surface area is 108 Å². The summed E-state index contributed by atoms with van der Waals surface area (Å²) in [4.78, 5) is 22.7. The van der Waals surface area contributed by atoms with Gasteiger partial charge in [0.15, 0.2) is 0 Å². The summed E-state index contributed by atoms with van der Waals surface area (Å²) in [6, 6.07) is 11.1. The summed E-state index contributed by atoms with van der Waals surface area (Å²) in [7, 11) is 0. The van der Waals surface area contributed by atoms with Crippen LogP contribution in [0, 0.1) is 0 Å². The standard InChI is InChI=1S/C13H10ClNO3/c14-10-4-1-3-9(7-10)8-15-11(13(17)18)5-2-6-12(15)16/h1-7H,8H2,(H,17,18). The first-order chi connectivity index (χ1) is 8.58. The van der Waals surface area contributed by atoms with Crippen molar-refractivity contribution in [3.63, 3.8) is 0 Å². The van der Waals surface area contributed by atoms with E-state index >= 15 is 0 Å². The van der Waals surface area contributed by atoms with E-state index in [1.165, 1.54) is 22.8 Å². The first kappa shape index (κ1) is 12.4. The molecule has 0 aliphatic rings. The normalized spacial score (nSPS) is 10.3. The molecule has 5 heteroatoms. The van der Waals surface area contributed by atoms with Crippen molar-refractivity contribution in [1.29, 1.82) is 0 Å². The van der Waals surface area contributed by atoms with Gasteiger partial charge in [-0.1, -0.05) is 29.8 Å². The molecule has 0 atom stereocenters. The number of halogens is 1. The number of aromatic carboxylic acids is 1. The Morgan fingerprint density at radius 1 is 1.22 bits per heavy atom. The molecule has 0 saturated carbocycles. The third kappa shape index (κ3) is 2.60. The topological polar surface area (TPSA) is 59.3 Å². The lowest BCUT2D eigenvalue weighted by Gasteiger charge is -2.09. The number of hydrogen-bond acceptors (Lipinski definition) is 2. The minimum Gasteiger partial charge on any atom is -0.477 e. The molecule has 0 spiro atoms. The van der Waals surface area contributed by atoms with E-state index in [2.05, 4.69) is 0 Å². The Hall–Kier alpha value is -2.07. The van der Waals surface area contributed by atoms with Crippen LogP contribution in [-0.2, 0) is 6.54 Å². The summed E-state index contributed by atoms with van der Waals surface area (Å²) in [6.07, 6.45) is 0. The monoisotopic (exact) mass is 263 g/mol. The highest BCUT2D eigenvalue weighted by atomic mass is 35.5. The van der Waals surface area contributed by atoms with E-state index in [0.717, 1.165) is 5.56 Å². The molecule has 0 aliphatic heterocycles. The van der Waals surface area contributed by atoms with Gasteiger partial charge in [-0.05, 0) is 23.8 Å². The SMILES string of the molecule is O=C(O)c1cccc(=O)n1Cc1cccc(Cl)c1. The number of carboxylic acids is 1. The molecule has 0 saturated heterocycles. The average molecular weight is 264 g/mol. The van der Waals surface area contributed by atoms with Gasteiger partial charge in [0.2, 0.25) is 0 Å². The minimum atomic E-state index is -1.13. The zero-order chi connectivity index (χ0) is 13.1. The number of pyridine rings is 1. The van der Waals surface area contributed by atoms with Crippen LogP contribution in [-0.4, -0.2) is 15.6 Å². The minimum absolute atomic E-state index is 0.0394. The molecule has 0 fully saturated rings. The van der Waals surface area contributed by atoms with Crippen molar-refractivity contribution in [2.75, 3.05) is 0 Å². The van der Waals surface area contributed by atoms with Gasteiger partial charge >= 0.3 is 5.97 Å². The lowest BCUT2D eigenvalue weighted by Crippen LogP contribution is -2.25. The van der Waals surface area contributed by atoms with Crippen LogP contribution < -0.4 is 5.56 Å². The van der Waals surface area contributed by atoms with E-state index in [1.807, 2.05) is 0 Å². The van der Waals surface area contributed by atoms with Crippen molar-refractivity contribution in [3.05, 3.63) is 69.1 Å². The molecule has 2 rings (SSSR count). The van der Waals surface area contributed by atoms with E-state index in [0.29, 0.717) is 5.02 Å². The van der Waals surface area contributed by atoms with Crippen LogP contribution >= 0.6 is 11.6 Å². The molecule has 1 N–H and O–H groups in total. The molecule has 2 aromatic rings. The van der Waals surface area contributed by atoms with E-state index in [9.17, 15) is 9.59 Å². The molecule has 4 nitrogen and oxygen atoms in total. The Morgan fingerprint density at radius 3 is 2.61 bits per heavy atom. The number of aromatic nitrogens is 1. The third-order valence-corrected chi connectivity index (χ3v) is 2.73. The van der Waals surface area contributed by atoms with E-state index in [4.69, 9.17) is 16.7 Å². The van der Waals surface area contributed by atoms with Crippen LogP contribution in [0.15, 0.2) is 47.3 Å². The predicted molar refractivity (Wildman–Crippen MR) is 68.2 cm³/mol. The van der Waals surface area contributed by atoms with Crippen LogP contribution in [0.25, 0.3) is 0 Å². The van der Waals surface area contributed by atoms with Crippen LogP contribution in [0.1, 0.15) is 16.1 Å². The number of hydrogen-bond donors (Lipinski definition) is 1. The van der Waals surface area contributed by atoms with Gasteiger partial charge < -0.3 is 5.11 Å². The van der Waals surface area contributed by atoms with Crippen molar-refractivity contribution in [2.24, 2.45) is 0 Å². The van der Waals surface area contributed by atoms with E-state index in [1.54, 1.807) is 24.3 Å². The Balaban J connectivity index is 2.46. The maximum absolute atomic E-state index is 11.7. The summed E-state index contributed by atoms with van der Waals surface area (Å²) in [5, 5.41) is 9.59. The van der Waals surface area contributed by atoms with Crippen molar-refractivity contribution < 1.29 is 9.90 Å². The van der Waals surface area contributed by atoms with Gasteiger partial charge in [0.05, 0.1) is 6.54 Å². The van der Waals surface area contributed by atoms with Crippen LogP contribution in [0.2, 0.25) is 5.02 Å². The quantitative estimate of drug-likeness (QED) is 0.924. The molecule has 18 heavy (non-hydrogen) atoms. The van der Waals surface area contributed by atoms with E-state index < -0.39 is 5.97 Å². The van der Waals surface area contributed by atoms with Crippen molar-refractivity contribution in [3.8, 4) is 0 Å². The van der Waals surface area contributed by atoms with Gasteiger partial charge in [-0.15, -0.1) is 0 Å². The summed E-state index contributed by atoms with van der Waals surface area (Å²) in [5.74, 6) is -1.13. The van der Waals surface area contributed by atoms with Gasteiger partial charge in [0, 0.05) is 11.1 Å². The van der Waals surface area contributed by atoms with E-state index in [-0.39, 0.29) is 17.8 Å². The Morgan fingerprint density at radius 2 is 1.94 bits per heavy atom. The smallest absolute Gasteiger partial charge is 0.352 e.